The predicted octanol–water partition coefficient (Wildman–Crippen LogP) is 3.74. The van der Waals surface area contributed by atoms with Gasteiger partial charge in [0.05, 0.1) is 24.8 Å². The van der Waals surface area contributed by atoms with E-state index in [4.69, 9.17) is 16.3 Å². The van der Waals surface area contributed by atoms with E-state index < -0.39 is 5.97 Å². The summed E-state index contributed by atoms with van der Waals surface area (Å²) in [6.45, 7) is 0. The largest absolute Gasteiger partial charge is 0.497 e. The molecule has 26 heavy (non-hydrogen) atoms. The summed E-state index contributed by atoms with van der Waals surface area (Å²) in [7, 11) is 2.76. The topological polar surface area (TPSA) is 81.7 Å². The van der Waals surface area contributed by atoms with Crippen LogP contribution in [0.25, 0.3) is 0 Å². The molecule has 1 amide bonds. The van der Waals surface area contributed by atoms with Crippen LogP contribution in [0.4, 0.5) is 5.69 Å². The Bertz CT molecular complexity index is 834. The van der Waals surface area contributed by atoms with Crippen molar-refractivity contribution in [2.75, 3.05) is 19.5 Å². The third kappa shape index (κ3) is 5.07. The van der Waals surface area contributed by atoms with Gasteiger partial charge in [-0.05, 0) is 30.3 Å². The highest BCUT2D eigenvalue weighted by molar-refractivity contribution is 6.33. The van der Waals surface area contributed by atoms with Gasteiger partial charge in [0.1, 0.15) is 5.75 Å². The van der Waals surface area contributed by atoms with E-state index >= 15 is 0 Å². The highest BCUT2D eigenvalue weighted by Gasteiger charge is 2.14. The number of methoxy groups -OCH3 is 2. The van der Waals surface area contributed by atoms with Crippen molar-refractivity contribution in [1.82, 2.24) is 0 Å². The summed E-state index contributed by atoms with van der Waals surface area (Å²) >= 11 is 5.93. The van der Waals surface area contributed by atoms with Gasteiger partial charge in [0.15, 0.2) is 5.78 Å². The van der Waals surface area contributed by atoms with Crippen LogP contribution in [-0.4, -0.2) is 31.9 Å². The molecule has 0 spiro atoms. The molecule has 0 aliphatic carbocycles. The fourth-order valence-electron chi connectivity index (χ4n) is 2.26. The zero-order valence-electron chi connectivity index (χ0n) is 14.4. The molecule has 0 aliphatic heterocycles. The first-order valence-corrected chi connectivity index (χ1v) is 8.17. The number of ketones is 1. The normalized spacial score (nSPS) is 10.1. The maximum absolute atomic E-state index is 12.2. The monoisotopic (exact) mass is 375 g/mol. The van der Waals surface area contributed by atoms with Gasteiger partial charge in [-0.15, -0.1) is 0 Å². The number of halogens is 1. The van der Waals surface area contributed by atoms with Crippen LogP contribution in [0.5, 0.6) is 5.75 Å². The van der Waals surface area contributed by atoms with Crippen molar-refractivity contribution in [3.05, 3.63) is 58.6 Å². The lowest BCUT2D eigenvalue weighted by atomic mass is 10.1. The Morgan fingerprint density at radius 1 is 1.04 bits per heavy atom. The highest BCUT2D eigenvalue weighted by atomic mass is 35.5. The molecule has 7 heteroatoms. The van der Waals surface area contributed by atoms with Crippen LogP contribution < -0.4 is 10.1 Å². The maximum atomic E-state index is 12.2. The van der Waals surface area contributed by atoms with Crippen LogP contribution in [0.3, 0.4) is 0 Å². The van der Waals surface area contributed by atoms with Gasteiger partial charge >= 0.3 is 5.97 Å². The standard InChI is InChI=1S/C19H18ClNO5/c1-25-14-5-3-4-12(10-14)17(22)8-9-18(23)21-13-6-7-16(20)15(11-13)19(24)26-2/h3-7,10-11H,8-9H2,1-2H3,(H,21,23). The molecule has 0 heterocycles. The van der Waals surface area contributed by atoms with E-state index in [2.05, 4.69) is 10.1 Å². The average molecular weight is 376 g/mol. The van der Waals surface area contributed by atoms with Crippen molar-refractivity contribution in [2.45, 2.75) is 12.8 Å². The van der Waals surface area contributed by atoms with E-state index in [0.29, 0.717) is 17.0 Å². The van der Waals surface area contributed by atoms with Crippen LogP contribution in [0.1, 0.15) is 33.6 Å². The molecule has 0 saturated heterocycles. The van der Waals surface area contributed by atoms with Crippen LogP contribution >= 0.6 is 11.6 Å². The minimum atomic E-state index is -0.598. The van der Waals surface area contributed by atoms with Crippen molar-refractivity contribution in [3.8, 4) is 5.75 Å². The first-order chi connectivity index (χ1) is 12.4. The number of nitrogens with one attached hydrogen (secondary N) is 1. The van der Waals surface area contributed by atoms with Gasteiger partial charge in [-0.1, -0.05) is 23.7 Å². The minimum Gasteiger partial charge on any atom is -0.497 e. The van der Waals surface area contributed by atoms with Gasteiger partial charge in [0.2, 0.25) is 5.91 Å². The zero-order valence-corrected chi connectivity index (χ0v) is 15.1. The molecule has 1 N–H and O–H groups in total. The minimum absolute atomic E-state index is 0.00618. The molecule has 0 fully saturated rings. The van der Waals surface area contributed by atoms with E-state index in [-0.39, 0.29) is 35.1 Å². The second kappa shape index (κ2) is 9.01. The lowest BCUT2D eigenvalue weighted by Gasteiger charge is -2.08. The molecule has 2 rings (SSSR count). The van der Waals surface area contributed by atoms with Gasteiger partial charge in [0.25, 0.3) is 0 Å². The summed E-state index contributed by atoms with van der Waals surface area (Å²) < 4.78 is 9.71. The molecule has 0 atom stereocenters. The number of amides is 1. The van der Waals surface area contributed by atoms with Crippen molar-refractivity contribution < 1.29 is 23.9 Å². The molecule has 136 valence electrons. The number of Topliss-reactive ketones (excluding diaryl/α,β-unsaturated/α-hetero) is 1. The first-order valence-electron chi connectivity index (χ1n) is 7.79. The second-order valence-corrected chi connectivity index (χ2v) is 5.80. The van der Waals surface area contributed by atoms with E-state index in [0.717, 1.165) is 0 Å². The van der Waals surface area contributed by atoms with Crippen LogP contribution in [0.2, 0.25) is 5.02 Å². The first kappa shape index (κ1) is 19.5. The average Bonchev–Trinajstić information content (AvgIpc) is 2.67. The summed E-state index contributed by atoms with van der Waals surface area (Å²) in [5.74, 6) is -0.527. The number of carbonyl (C=O) groups is 3. The number of ether oxygens (including phenoxy) is 2. The van der Waals surface area contributed by atoms with E-state index in [1.54, 1.807) is 30.3 Å². The number of hydrogen-bond donors (Lipinski definition) is 1. The Hall–Kier alpha value is -2.86. The van der Waals surface area contributed by atoms with Gasteiger partial charge in [-0.2, -0.15) is 0 Å². The molecule has 0 unspecified atom stereocenters. The van der Waals surface area contributed by atoms with E-state index in [1.165, 1.54) is 26.4 Å². The highest BCUT2D eigenvalue weighted by Crippen LogP contribution is 2.22. The van der Waals surface area contributed by atoms with Crippen LogP contribution in [-0.2, 0) is 9.53 Å². The van der Waals surface area contributed by atoms with Crippen molar-refractivity contribution >= 4 is 34.9 Å². The summed E-state index contributed by atoms with van der Waals surface area (Å²) in [5.41, 5.74) is 1.03. The Kier molecular flexibility index (Phi) is 6.74. The quantitative estimate of drug-likeness (QED) is 0.589. The number of anilines is 1. The number of benzene rings is 2. The summed E-state index contributed by atoms with van der Waals surface area (Å²) in [6, 6.07) is 11.2. The Morgan fingerprint density at radius 3 is 2.50 bits per heavy atom. The number of esters is 1. The van der Waals surface area contributed by atoms with Gasteiger partial charge in [-0.3, -0.25) is 9.59 Å². The third-order valence-corrected chi connectivity index (χ3v) is 3.96. The molecule has 2 aromatic carbocycles. The fourth-order valence-corrected chi connectivity index (χ4v) is 2.46. The molecule has 2 aromatic rings. The molecular formula is C19H18ClNO5. The molecule has 0 aliphatic rings. The Balaban J connectivity index is 1.96. The molecule has 6 nitrogen and oxygen atoms in total. The van der Waals surface area contributed by atoms with Gasteiger partial charge < -0.3 is 14.8 Å². The molecular weight excluding hydrogens is 358 g/mol. The molecule has 0 saturated carbocycles. The zero-order chi connectivity index (χ0) is 19.1. The van der Waals surface area contributed by atoms with Crippen LogP contribution in [0, 0.1) is 0 Å². The third-order valence-electron chi connectivity index (χ3n) is 3.63. The molecule has 0 radical (unpaired) electrons. The maximum Gasteiger partial charge on any atom is 0.339 e. The van der Waals surface area contributed by atoms with Crippen molar-refractivity contribution in [1.29, 1.82) is 0 Å². The van der Waals surface area contributed by atoms with Crippen molar-refractivity contribution in [3.63, 3.8) is 0 Å². The summed E-state index contributed by atoms with van der Waals surface area (Å²) in [5, 5.41) is 2.86. The lowest BCUT2D eigenvalue weighted by Crippen LogP contribution is -2.14. The molecule has 0 aromatic heterocycles. The number of carbonyl (C=O) groups excluding carboxylic acids is 3. The Morgan fingerprint density at radius 2 is 1.81 bits per heavy atom. The van der Waals surface area contributed by atoms with Gasteiger partial charge in [-0.25, -0.2) is 4.79 Å². The van der Waals surface area contributed by atoms with Gasteiger partial charge in [0, 0.05) is 24.1 Å². The lowest BCUT2D eigenvalue weighted by molar-refractivity contribution is -0.116. The Labute approximate surface area is 156 Å². The van der Waals surface area contributed by atoms with Crippen LogP contribution in [0.15, 0.2) is 42.5 Å². The smallest absolute Gasteiger partial charge is 0.339 e. The predicted molar refractivity (Wildman–Crippen MR) is 98.0 cm³/mol. The number of rotatable bonds is 7. The second-order valence-electron chi connectivity index (χ2n) is 5.39. The van der Waals surface area contributed by atoms with E-state index in [9.17, 15) is 14.4 Å². The molecule has 0 bridgehead atoms. The SMILES string of the molecule is COC(=O)c1cc(NC(=O)CCC(=O)c2cccc(OC)c2)ccc1Cl. The summed E-state index contributed by atoms with van der Waals surface area (Å²) in [6.07, 6.45) is 0.0582. The van der Waals surface area contributed by atoms with Crippen molar-refractivity contribution in [2.24, 2.45) is 0 Å². The fraction of sp³-hybridized carbons (Fsp3) is 0.211. The van der Waals surface area contributed by atoms with E-state index in [1.807, 2.05) is 0 Å². The number of hydrogen-bond acceptors (Lipinski definition) is 5. The summed E-state index contributed by atoms with van der Waals surface area (Å²) in [4.78, 5) is 35.9.